The number of ether oxygens (including phenoxy) is 4. The van der Waals surface area contributed by atoms with Gasteiger partial charge in [0.2, 0.25) is 0 Å². The van der Waals surface area contributed by atoms with Gasteiger partial charge in [0.15, 0.2) is 0 Å². The van der Waals surface area contributed by atoms with Gasteiger partial charge in [-0.3, -0.25) is 0 Å². The number of benzene rings is 4. The van der Waals surface area contributed by atoms with Gasteiger partial charge in [-0.1, -0.05) is 68.8 Å². The van der Waals surface area contributed by atoms with E-state index in [1.54, 1.807) is 79.7 Å². The SMILES string of the molecule is Cc1cc(C)cc(C(=O)OOC(=O)OCC(COC(=O)OOC(=O)c2cc(C)cc(C)c2)(COC(=O)OOC(=O)c2cc(C)cc(C)c2)COC(=O)OOC(=O)c2cc(C)cc(C)c2)c1. The van der Waals surface area contributed by atoms with Crippen LogP contribution in [-0.4, -0.2) is 74.9 Å². The molecule has 344 valence electrons. The second-order valence-electron chi connectivity index (χ2n) is 15.0. The lowest BCUT2D eigenvalue weighted by atomic mass is 9.92. The van der Waals surface area contributed by atoms with E-state index in [9.17, 15) is 38.4 Å². The van der Waals surface area contributed by atoms with Crippen LogP contribution in [0.5, 0.6) is 0 Å². The lowest BCUT2D eigenvalue weighted by Crippen LogP contribution is -2.44. The van der Waals surface area contributed by atoms with Crippen molar-refractivity contribution in [3.05, 3.63) is 140 Å². The zero-order valence-electron chi connectivity index (χ0n) is 36.4. The van der Waals surface area contributed by atoms with Gasteiger partial charge in [-0.25, -0.2) is 58.3 Å². The molecule has 0 atom stereocenters. The summed E-state index contributed by atoms with van der Waals surface area (Å²) in [6.45, 7) is 9.35. The van der Waals surface area contributed by atoms with Crippen LogP contribution in [0.3, 0.4) is 0 Å². The molecule has 0 amide bonds. The summed E-state index contributed by atoms with van der Waals surface area (Å²) in [5, 5.41) is 0. The predicted octanol–water partition coefficient (Wildman–Crippen LogP) is 8.14. The van der Waals surface area contributed by atoms with Crippen molar-refractivity contribution in [2.45, 2.75) is 55.4 Å². The minimum Gasteiger partial charge on any atom is -0.431 e. The zero-order valence-corrected chi connectivity index (χ0v) is 36.4. The third kappa shape index (κ3) is 16.2. The fourth-order valence-corrected chi connectivity index (χ4v) is 6.04. The summed E-state index contributed by atoms with van der Waals surface area (Å²) in [6, 6.07) is 18.7. The van der Waals surface area contributed by atoms with E-state index in [1.807, 2.05) is 0 Å². The normalized spacial score (nSPS) is 10.6. The highest BCUT2D eigenvalue weighted by Gasteiger charge is 2.40. The first-order valence-corrected chi connectivity index (χ1v) is 19.2. The van der Waals surface area contributed by atoms with Crippen molar-refractivity contribution in [3.63, 3.8) is 0 Å². The van der Waals surface area contributed by atoms with E-state index >= 15 is 0 Å². The Kier molecular flexibility index (Phi) is 17.4. The van der Waals surface area contributed by atoms with Crippen LogP contribution in [0.15, 0.2) is 72.8 Å². The van der Waals surface area contributed by atoms with Gasteiger partial charge in [0.1, 0.15) is 31.8 Å². The molecule has 0 radical (unpaired) electrons. The van der Waals surface area contributed by atoms with Crippen LogP contribution in [0.1, 0.15) is 85.9 Å². The van der Waals surface area contributed by atoms with Crippen molar-refractivity contribution in [2.24, 2.45) is 5.41 Å². The van der Waals surface area contributed by atoms with Crippen molar-refractivity contribution in [1.29, 1.82) is 0 Å². The fourth-order valence-electron chi connectivity index (χ4n) is 6.04. The monoisotopic (exact) mass is 904 g/mol. The molecule has 20 nitrogen and oxygen atoms in total. The molecule has 0 heterocycles. The summed E-state index contributed by atoms with van der Waals surface area (Å²) in [5.74, 6) is -4.37. The predicted molar refractivity (Wildman–Crippen MR) is 217 cm³/mol. The highest BCUT2D eigenvalue weighted by molar-refractivity contribution is 5.91. The number of carbonyl (C=O) groups is 8. The van der Waals surface area contributed by atoms with Crippen molar-refractivity contribution in [3.8, 4) is 0 Å². The zero-order chi connectivity index (χ0) is 47.8. The Morgan fingerprint density at radius 2 is 0.462 bits per heavy atom. The highest BCUT2D eigenvalue weighted by atomic mass is 17.3. The topological polar surface area (TPSA) is 247 Å². The van der Waals surface area contributed by atoms with Gasteiger partial charge < -0.3 is 18.9 Å². The van der Waals surface area contributed by atoms with Crippen molar-refractivity contribution < 1.29 is 96.4 Å². The van der Waals surface area contributed by atoms with Gasteiger partial charge in [0.25, 0.3) is 0 Å². The first kappa shape index (κ1) is 49.5. The summed E-state index contributed by atoms with van der Waals surface area (Å²) in [4.78, 5) is 138. The summed E-state index contributed by atoms with van der Waals surface area (Å²) >= 11 is 0. The molecule has 0 aliphatic rings. The maximum absolute atomic E-state index is 12.8. The Balaban J connectivity index is 1.53. The molecule has 0 fully saturated rings. The average molecular weight is 905 g/mol. The van der Waals surface area contributed by atoms with Crippen LogP contribution in [0.25, 0.3) is 0 Å². The molecule has 0 saturated carbocycles. The molecular formula is C45H44O20. The number of hydrogen-bond donors (Lipinski definition) is 0. The first-order valence-electron chi connectivity index (χ1n) is 19.2. The number of carbonyl (C=O) groups excluding carboxylic acids is 8. The molecule has 20 heteroatoms. The van der Waals surface area contributed by atoms with E-state index < -0.39 is 80.3 Å². The molecule has 0 aliphatic carbocycles. The van der Waals surface area contributed by atoms with E-state index in [0.717, 1.165) is 0 Å². The van der Waals surface area contributed by atoms with Crippen molar-refractivity contribution in [2.75, 3.05) is 26.4 Å². The molecular weight excluding hydrogens is 860 g/mol. The smallest absolute Gasteiger partial charge is 0.431 e. The van der Waals surface area contributed by atoms with E-state index in [2.05, 4.69) is 39.1 Å². The first-order chi connectivity index (χ1) is 30.7. The van der Waals surface area contributed by atoms with E-state index in [0.29, 0.717) is 44.5 Å². The number of aryl methyl sites for hydroxylation is 8. The summed E-state index contributed by atoms with van der Waals surface area (Å²) in [5.41, 5.74) is 3.39. The Labute approximate surface area is 371 Å². The van der Waals surface area contributed by atoms with Crippen molar-refractivity contribution >= 4 is 48.5 Å². The van der Waals surface area contributed by atoms with Crippen LogP contribution < -0.4 is 0 Å². The fraction of sp³-hybridized carbons (Fsp3) is 0.289. The molecule has 4 rings (SSSR count). The van der Waals surface area contributed by atoms with E-state index in [4.69, 9.17) is 18.9 Å². The third-order valence-corrected chi connectivity index (χ3v) is 8.56. The molecule has 65 heavy (non-hydrogen) atoms. The highest BCUT2D eigenvalue weighted by Crippen LogP contribution is 2.24. The maximum Gasteiger partial charge on any atom is 0.549 e. The van der Waals surface area contributed by atoms with Crippen LogP contribution in [0, 0.1) is 60.8 Å². The molecule has 0 unspecified atom stereocenters. The molecule has 0 spiro atoms. The van der Waals surface area contributed by atoms with Crippen LogP contribution in [0.4, 0.5) is 19.2 Å². The average Bonchev–Trinajstić information content (AvgIpc) is 3.23. The van der Waals surface area contributed by atoms with E-state index in [1.165, 1.54) is 48.5 Å². The third-order valence-electron chi connectivity index (χ3n) is 8.56. The standard InChI is InChI=1S/C45H44O20/c1-25-9-26(2)14-33(13-25)37(46)58-62-41(50)54-21-45(22-55-42(51)63-59-38(47)34-15-27(3)10-28(4)16-34,23-56-43(52)64-60-39(48)35-17-29(5)11-30(6)18-35)24-57-44(53)65-61-40(49)36-19-31(7)12-32(8)20-36/h9-20H,21-24H2,1-8H3. The Hall–Kier alpha value is -8.16. The largest absolute Gasteiger partial charge is 0.549 e. The summed E-state index contributed by atoms with van der Waals surface area (Å²) in [7, 11) is 0. The van der Waals surface area contributed by atoms with Gasteiger partial charge in [0.05, 0.1) is 22.3 Å². The van der Waals surface area contributed by atoms with Gasteiger partial charge in [-0.2, -0.15) is 19.2 Å². The van der Waals surface area contributed by atoms with Gasteiger partial charge in [-0.05, 0) is 104 Å². The van der Waals surface area contributed by atoms with Gasteiger partial charge in [-0.15, -0.1) is 0 Å². The van der Waals surface area contributed by atoms with Crippen LogP contribution in [-0.2, 0) is 58.0 Å². The van der Waals surface area contributed by atoms with Gasteiger partial charge >= 0.3 is 48.5 Å². The minimum absolute atomic E-state index is 0.0186. The molecule has 0 bridgehead atoms. The molecule has 0 aromatic heterocycles. The summed E-state index contributed by atoms with van der Waals surface area (Å²) < 4.78 is 20.3. The lowest BCUT2D eigenvalue weighted by Gasteiger charge is -2.30. The lowest BCUT2D eigenvalue weighted by molar-refractivity contribution is -0.223. The maximum atomic E-state index is 12.8. The second kappa shape index (κ2) is 22.8. The van der Waals surface area contributed by atoms with E-state index in [-0.39, 0.29) is 22.3 Å². The Morgan fingerprint density at radius 3 is 0.631 bits per heavy atom. The number of hydrogen-bond acceptors (Lipinski definition) is 20. The Bertz CT molecular complexity index is 2030. The van der Waals surface area contributed by atoms with Crippen molar-refractivity contribution in [1.82, 2.24) is 0 Å². The van der Waals surface area contributed by atoms with Crippen LogP contribution in [0.2, 0.25) is 0 Å². The summed E-state index contributed by atoms with van der Waals surface area (Å²) in [6.07, 6.45) is -6.75. The number of rotatable bonds is 12. The van der Waals surface area contributed by atoms with Gasteiger partial charge in [0, 0.05) is 0 Å². The van der Waals surface area contributed by atoms with Crippen LogP contribution >= 0.6 is 0 Å². The molecule has 0 aliphatic heterocycles. The molecule has 4 aromatic carbocycles. The molecule has 0 saturated heterocycles. The molecule has 4 aromatic rings. The second-order valence-corrected chi connectivity index (χ2v) is 15.0. The Morgan fingerprint density at radius 1 is 0.292 bits per heavy atom. The minimum atomic E-state index is -2.24. The molecule has 0 N–H and O–H groups in total. The quantitative estimate of drug-likeness (QED) is 0.0563.